The summed E-state index contributed by atoms with van der Waals surface area (Å²) in [5.74, 6) is -0.376. The number of nitrogens with one attached hydrogen (secondary N) is 2. The molecule has 1 fully saturated rings. The Labute approximate surface area is 173 Å². The van der Waals surface area contributed by atoms with Gasteiger partial charge in [0.2, 0.25) is 5.91 Å². The van der Waals surface area contributed by atoms with Gasteiger partial charge in [-0.15, -0.1) is 0 Å². The van der Waals surface area contributed by atoms with Crippen LogP contribution in [0.15, 0.2) is 40.2 Å². The molecule has 0 radical (unpaired) electrons. The second kappa shape index (κ2) is 8.27. The Hall–Kier alpha value is -3.20. The molecule has 2 N–H and O–H groups in total. The molecule has 1 aromatic carbocycles. The SMILES string of the molecule is Cn1cnc2c1c(=O)n(CC(=O)NCc1ccccc1C[NH+]1CCCC1)c(=O)n2C. The Morgan fingerprint density at radius 2 is 1.83 bits per heavy atom. The van der Waals surface area contributed by atoms with E-state index in [0.29, 0.717) is 17.7 Å². The quantitative estimate of drug-likeness (QED) is 0.540. The fourth-order valence-corrected chi connectivity index (χ4v) is 4.15. The molecule has 30 heavy (non-hydrogen) atoms. The van der Waals surface area contributed by atoms with Crippen LogP contribution in [0.3, 0.4) is 0 Å². The Balaban J connectivity index is 1.50. The highest BCUT2D eigenvalue weighted by atomic mass is 16.2. The van der Waals surface area contributed by atoms with E-state index in [1.54, 1.807) is 23.6 Å². The number of rotatable bonds is 6. The smallest absolute Gasteiger partial charge is 0.332 e. The molecule has 9 heteroatoms. The van der Waals surface area contributed by atoms with Crippen LogP contribution < -0.4 is 21.5 Å². The zero-order valence-electron chi connectivity index (χ0n) is 17.4. The number of nitrogens with zero attached hydrogens (tertiary/aromatic N) is 4. The van der Waals surface area contributed by atoms with Crippen LogP contribution >= 0.6 is 0 Å². The molecule has 158 valence electrons. The van der Waals surface area contributed by atoms with Crippen molar-refractivity contribution in [3.05, 3.63) is 62.6 Å². The van der Waals surface area contributed by atoms with Gasteiger partial charge in [0.1, 0.15) is 13.1 Å². The van der Waals surface area contributed by atoms with Crippen molar-refractivity contribution in [2.45, 2.75) is 32.5 Å². The summed E-state index contributed by atoms with van der Waals surface area (Å²) in [6.07, 6.45) is 4.01. The molecule has 0 unspecified atom stereocenters. The van der Waals surface area contributed by atoms with Gasteiger partial charge in [0.25, 0.3) is 5.56 Å². The Bertz CT molecular complexity index is 1200. The third kappa shape index (κ3) is 3.80. The minimum absolute atomic E-state index is 0.295. The number of aromatic nitrogens is 4. The van der Waals surface area contributed by atoms with Crippen molar-refractivity contribution in [2.75, 3.05) is 13.1 Å². The number of likely N-dealkylation sites (tertiary alicyclic amines) is 1. The predicted molar refractivity (Wildman–Crippen MR) is 112 cm³/mol. The first-order chi connectivity index (χ1) is 14.5. The highest BCUT2D eigenvalue weighted by Gasteiger charge is 2.19. The second-order valence-corrected chi connectivity index (χ2v) is 7.94. The lowest BCUT2D eigenvalue weighted by molar-refractivity contribution is -0.901. The molecular weight excluding hydrogens is 384 g/mol. The summed E-state index contributed by atoms with van der Waals surface area (Å²) >= 11 is 0. The average molecular weight is 411 g/mol. The first kappa shape index (κ1) is 20.1. The maximum Gasteiger partial charge on any atom is 0.332 e. The number of aryl methyl sites for hydroxylation is 2. The zero-order valence-corrected chi connectivity index (χ0v) is 17.4. The average Bonchev–Trinajstić information content (AvgIpc) is 3.38. The highest BCUT2D eigenvalue weighted by molar-refractivity contribution is 5.76. The first-order valence-electron chi connectivity index (χ1n) is 10.2. The molecule has 1 aliphatic heterocycles. The Kier molecular flexibility index (Phi) is 5.54. The summed E-state index contributed by atoms with van der Waals surface area (Å²) in [7, 11) is 3.23. The number of imidazole rings is 1. The van der Waals surface area contributed by atoms with Crippen molar-refractivity contribution in [3.63, 3.8) is 0 Å². The molecule has 0 bridgehead atoms. The minimum Gasteiger partial charge on any atom is -0.350 e. The second-order valence-electron chi connectivity index (χ2n) is 7.94. The van der Waals surface area contributed by atoms with Gasteiger partial charge in [-0.3, -0.25) is 14.2 Å². The fraction of sp³-hybridized carbons (Fsp3) is 0.429. The minimum atomic E-state index is -0.556. The van der Waals surface area contributed by atoms with E-state index in [-0.39, 0.29) is 12.5 Å². The van der Waals surface area contributed by atoms with E-state index in [1.165, 1.54) is 42.4 Å². The van der Waals surface area contributed by atoms with Gasteiger partial charge in [0, 0.05) is 39.0 Å². The van der Waals surface area contributed by atoms with Gasteiger partial charge in [0.15, 0.2) is 11.2 Å². The fourth-order valence-electron chi connectivity index (χ4n) is 4.15. The van der Waals surface area contributed by atoms with Crippen LogP contribution in [0.2, 0.25) is 0 Å². The molecule has 1 amide bonds. The number of benzene rings is 1. The first-order valence-corrected chi connectivity index (χ1v) is 10.2. The van der Waals surface area contributed by atoms with Crippen molar-refractivity contribution in [2.24, 2.45) is 14.1 Å². The summed E-state index contributed by atoms with van der Waals surface area (Å²) in [4.78, 5) is 43.5. The molecule has 0 spiro atoms. The van der Waals surface area contributed by atoms with Crippen molar-refractivity contribution in [1.82, 2.24) is 24.0 Å². The van der Waals surface area contributed by atoms with Gasteiger partial charge in [-0.25, -0.2) is 14.3 Å². The molecule has 0 atom stereocenters. The number of amides is 1. The van der Waals surface area contributed by atoms with Crippen LogP contribution in [0.1, 0.15) is 24.0 Å². The summed E-state index contributed by atoms with van der Waals surface area (Å²) in [5, 5.41) is 2.86. The van der Waals surface area contributed by atoms with E-state index >= 15 is 0 Å². The lowest BCUT2D eigenvalue weighted by Gasteiger charge is -2.16. The highest BCUT2D eigenvalue weighted by Crippen LogP contribution is 2.08. The molecule has 0 saturated carbocycles. The van der Waals surface area contributed by atoms with E-state index in [4.69, 9.17) is 0 Å². The van der Waals surface area contributed by atoms with Crippen LogP contribution in [0, 0.1) is 0 Å². The Morgan fingerprint density at radius 3 is 2.57 bits per heavy atom. The van der Waals surface area contributed by atoms with Crippen molar-refractivity contribution in [3.8, 4) is 0 Å². The van der Waals surface area contributed by atoms with E-state index in [9.17, 15) is 14.4 Å². The molecule has 1 saturated heterocycles. The zero-order chi connectivity index (χ0) is 21.3. The monoisotopic (exact) mass is 411 g/mol. The van der Waals surface area contributed by atoms with E-state index < -0.39 is 11.2 Å². The largest absolute Gasteiger partial charge is 0.350 e. The molecular formula is C21H27N6O3+. The van der Waals surface area contributed by atoms with Gasteiger partial charge in [0.05, 0.1) is 19.4 Å². The van der Waals surface area contributed by atoms with Gasteiger partial charge in [-0.2, -0.15) is 0 Å². The lowest BCUT2D eigenvalue weighted by atomic mass is 10.1. The van der Waals surface area contributed by atoms with E-state index in [2.05, 4.69) is 16.4 Å². The summed E-state index contributed by atoms with van der Waals surface area (Å²) in [6.45, 7) is 3.35. The summed E-state index contributed by atoms with van der Waals surface area (Å²) in [6, 6.07) is 8.09. The normalized spacial score (nSPS) is 14.5. The number of quaternary nitrogens is 1. The van der Waals surface area contributed by atoms with Crippen molar-refractivity contribution in [1.29, 1.82) is 0 Å². The molecule has 4 rings (SSSR count). The maximum absolute atomic E-state index is 12.7. The number of hydrogen-bond donors (Lipinski definition) is 2. The molecule has 0 aliphatic carbocycles. The van der Waals surface area contributed by atoms with E-state index in [0.717, 1.165) is 16.7 Å². The topological polar surface area (TPSA) is 95.4 Å². The van der Waals surface area contributed by atoms with Crippen LogP contribution in [-0.4, -0.2) is 37.7 Å². The number of carbonyl (C=O) groups excluding carboxylic acids is 1. The van der Waals surface area contributed by atoms with Crippen LogP contribution in [-0.2, 0) is 38.5 Å². The van der Waals surface area contributed by atoms with Crippen molar-refractivity contribution >= 4 is 17.1 Å². The number of carbonyl (C=O) groups is 1. The third-order valence-electron chi connectivity index (χ3n) is 5.85. The van der Waals surface area contributed by atoms with Crippen LogP contribution in [0.25, 0.3) is 11.2 Å². The molecule has 2 aromatic heterocycles. The van der Waals surface area contributed by atoms with Gasteiger partial charge in [-0.05, 0) is 5.56 Å². The standard InChI is InChI=1S/C21H26N6O3/c1-24-14-23-19-18(24)20(29)27(21(30)25(19)2)13-17(28)22-11-15-7-3-4-8-16(15)12-26-9-5-6-10-26/h3-4,7-8,14H,5-6,9-13H2,1-2H3,(H,22,28)/p+1. The molecule has 3 aromatic rings. The Morgan fingerprint density at radius 1 is 1.13 bits per heavy atom. The van der Waals surface area contributed by atoms with Crippen LogP contribution in [0.5, 0.6) is 0 Å². The lowest BCUT2D eigenvalue weighted by Crippen LogP contribution is -3.08. The van der Waals surface area contributed by atoms with Gasteiger partial charge in [-0.1, -0.05) is 24.3 Å². The number of hydrogen-bond acceptors (Lipinski definition) is 4. The third-order valence-corrected chi connectivity index (χ3v) is 5.85. The summed E-state index contributed by atoms with van der Waals surface area (Å²) in [5.41, 5.74) is 1.82. The van der Waals surface area contributed by atoms with Crippen LogP contribution in [0.4, 0.5) is 0 Å². The molecule has 1 aliphatic rings. The van der Waals surface area contributed by atoms with E-state index in [1.807, 2.05) is 18.2 Å². The summed E-state index contributed by atoms with van der Waals surface area (Å²) < 4.78 is 3.81. The van der Waals surface area contributed by atoms with Gasteiger partial charge >= 0.3 is 5.69 Å². The predicted octanol–water partition coefficient (Wildman–Crippen LogP) is -1.07. The van der Waals surface area contributed by atoms with Crippen molar-refractivity contribution < 1.29 is 9.69 Å². The number of fused-ring (bicyclic) bond motifs is 1. The molecule has 9 nitrogen and oxygen atoms in total. The maximum atomic E-state index is 12.7. The molecule has 3 heterocycles. The van der Waals surface area contributed by atoms with Gasteiger partial charge < -0.3 is 14.8 Å².